The van der Waals surface area contributed by atoms with Crippen molar-refractivity contribution in [3.63, 3.8) is 0 Å². The summed E-state index contributed by atoms with van der Waals surface area (Å²) in [6.07, 6.45) is 1.37. The molecule has 5 atom stereocenters. The summed E-state index contributed by atoms with van der Waals surface area (Å²) < 4.78 is 12.7. The van der Waals surface area contributed by atoms with Crippen LogP contribution in [-0.2, 0) is 25.5 Å². The van der Waals surface area contributed by atoms with Gasteiger partial charge in [-0.05, 0) is 49.6 Å². The molecule has 1 unspecified atom stereocenters. The molecule has 0 amide bonds. The topological polar surface area (TPSA) is 225 Å². The summed E-state index contributed by atoms with van der Waals surface area (Å²) >= 11 is 6.14. The predicted molar refractivity (Wildman–Crippen MR) is 163 cm³/mol. The zero-order chi connectivity index (χ0) is 33.4. The fourth-order valence-electron chi connectivity index (χ4n) is 5.48. The lowest BCUT2D eigenvalue weighted by Crippen LogP contribution is -2.55. The highest BCUT2D eigenvalue weighted by atomic mass is 35.5. The summed E-state index contributed by atoms with van der Waals surface area (Å²) in [6, 6.07) is 6.28. The van der Waals surface area contributed by atoms with E-state index < -0.39 is 61.0 Å². The lowest BCUT2D eigenvalue weighted by Gasteiger charge is -2.34. The van der Waals surface area contributed by atoms with Gasteiger partial charge in [0.05, 0.1) is 12.9 Å². The minimum atomic E-state index is -2.82. The number of aromatic nitrogens is 4. The third kappa shape index (κ3) is 6.06. The van der Waals surface area contributed by atoms with Gasteiger partial charge < -0.3 is 45.2 Å². The SMILES string of the molecule is C#C[C@@]1(O)[C@@H](COC(Cc2ccc(N3CCCNC3O)cc2)(C(=O)O)C(=O)O)O[C@@H](n2cnc3c(NC(C)C)nc(Cl)nc32)[C@@H]1O. The van der Waals surface area contributed by atoms with Gasteiger partial charge in [0, 0.05) is 31.2 Å². The summed E-state index contributed by atoms with van der Waals surface area (Å²) in [6.45, 7) is 4.16. The number of aliphatic hydroxyl groups is 3. The molecule has 2 aliphatic heterocycles. The Morgan fingerprint density at radius 2 is 1.96 bits per heavy atom. The van der Waals surface area contributed by atoms with Crippen molar-refractivity contribution >= 4 is 46.2 Å². The summed E-state index contributed by atoms with van der Waals surface area (Å²) in [5.74, 6) is -1.22. The van der Waals surface area contributed by atoms with E-state index in [-0.39, 0.29) is 22.5 Å². The van der Waals surface area contributed by atoms with Crippen LogP contribution in [-0.4, -0.2) is 112 Å². The first-order chi connectivity index (χ1) is 21.8. The Labute approximate surface area is 267 Å². The van der Waals surface area contributed by atoms with Crippen molar-refractivity contribution < 1.29 is 44.6 Å². The van der Waals surface area contributed by atoms with Gasteiger partial charge in [0.25, 0.3) is 5.60 Å². The first-order valence-electron chi connectivity index (χ1n) is 14.4. The number of nitrogens with one attached hydrogen (secondary N) is 2. The fourth-order valence-corrected chi connectivity index (χ4v) is 5.64. The molecule has 0 saturated carbocycles. The van der Waals surface area contributed by atoms with Gasteiger partial charge in [-0.15, -0.1) is 6.42 Å². The molecular formula is C29H34ClN7O9. The highest BCUT2D eigenvalue weighted by molar-refractivity contribution is 6.28. The number of rotatable bonds is 11. The van der Waals surface area contributed by atoms with Gasteiger partial charge in [-0.3, -0.25) is 9.88 Å². The molecule has 2 aliphatic rings. The largest absolute Gasteiger partial charge is 0.479 e. The Kier molecular flexibility index (Phi) is 9.38. The van der Waals surface area contributed by atoms with E-state index in [2.05, 4.69) is 31.5 Å². The number of carboxylic acid groups (broad SMARTS) is 2. The molecule has 7 N–H and O–H groups in total. The van der Waals surface area contributed by atoms with E-state index in [0.29, 0.717) is 30.2 Å². The maximum absolute atomic E-state index is 12.5. The van der Waals surface area contributed by atoms with Gasteiger partial charge in [0.1, 0.15) is 12.2 Å². The maximum atomic E-state index is 12.5. The fraction of sp³-hybridized carbons (Fsp3) is 0.483. The zero-order valence-electron chi connectivity index (χ0n) is 24.9. The van der Waals surface area contributed by atoms with Crippen LogP contribution in [0.1, 0.15) is 32.1 Å². The van der Waals surface area contributed by atoms with Crippen molar-refractivity contribution in [2.45, 2.75) is 68.7 Å². The average molecular weight is 660 g/mol. The monoisotopic (exact) mass is 659 g/mol. The van der Waals surface area contributed by atoms with Crippen molar-refractivity contribution in [3.8, 4) is 12.3 Å². The normalized spacial score (nSPS) is 25.1. The van der Waals surface area contributed by atoms with Crippen molar-refractivity contribution in [1.82, 2.24) is 24.8 Å². The van der Waals surface area contributed by atoms with Crippen LogP contribution in [0, 0.1) is 12.3 Å². The lowest BCUT2D eigenvalue weighted by molar-refractivity contribution is -0.191. The second-order valence-electron chi connectivity index (χ2n) is 11.4. The molecule has 0 bridgehead atoms. The summed E-state index contributed by atoms with van der Waals surface area (Å²) in [5, 5.41) is 58.8. The number of fused-ring (bicyclic) bond motifs is 1. The Morgan fingerprint density at radius 3 is 2.57 bits per heavy atom. The third-order valence-electron chi connectivity index (χ3n) is 7.93. The number of terminal acetylenes is 1. The number of ether oxygens (including phenoxy) is 2. The van der Waals surface area contributed by atoms with E-state index in [4.69, 9.17) is 27.5 Å². The molecule has 2 fully saturated rings. The van der Waals surface area contributed by atoms with E-state index in [1.54, 1.807) is 17.0 Å². The Balaban J connectivity index is 1.39. The second kappa shape index (κ2) is 13.0. The molecule has 0 aliphatic carbocycles. The van der Waals surface area contributed by atoms with Crippen molar-refractivity contribution in [3.05, 3.63) is 41.4 Å². The van der Waals surface area contributed by atoms with Crippen LogP contribution in [0.3, 0.4) is 0 Å². The molecule has 2 aromatic heterocycles. The van der Waals surface area contributed by atoms with Crippen molar-refractivity contribution in [2.75, 3.05) is 29.9 Å². The summed E-state index contributed by atoms with van der Waals surface area (Å²) in [5.41, 5.74) is -3.90. The highest BCUT2D eigenvalue weighted by Gasteiger charge is 2.58. The number of halogens is 1. The quantitative estimate of drug-likeness (QED) is 0.0827. The molecular weight excluding hydrogens is 626 g/mol. The first-order valence-corrected chi connectivity index (χ1v) is 14.8. The van der Waals surface area contributed by atoms with E-state index >= 15 is 0 Å². The number of aliphatic carboxylic acids is 2. The number of benzene rings is 1. The Bertz CT molecular complexity index is 1630. The average Bonchev–Trinajstić information content (AvgIpc) is 3.53. The molecule has 1 aromatic carbocycles. The van der Waals surface area contributed by atoms with Crippen LogP contribution in [0.25, 0.3) is 11.2 Å². The van der Waals surface area contributed by atoms with Gasteiger partial charge >= 0.3 is 11.9 Å². The van der Waals surface area contributed by atoms with E-state index in [9.17, 15) is 35.1 Å². The van der Waals surface area contributed by atoms with E-state index in [1.807, 2.05) is 13.8 Å². The van der Waals surface area contributed by atoms with Crippen molar-refractivity contribution in [1.29, 1.82) is 0 Å². The van der Waals surface area contributed by atoms with E-state index in [0.717, 1.165) is 6.42 Å². The number of hydrogen-bond acceptors (Lipinski definition) is 13. The number of aliphatic hydroxyl groups excluding tert-OH is 2. The number of carboxylic acids is 2. The summed E-state index contributed by atoms with van der Waals surface area (Å²) in [4.78, 5) is 39.3. The van der Waals surface area contributed by atoms with Gasteiger partial charge in [0.15, 0.2) is 35.2 Å². The minimum Gasteiger partial charge on any atom is -0.479 e. The van der Waals surface area contributed by atoms with Gasteiger partial charge in [-0.2, -0.15) is 9.97 Å². The third-order valence-corrected chi connectivity index (χ3v) is 8.10. The Morgan fingerprint density at radius 1 is 1.26 bits per heavy atom. The molecule has 0 spiro atoms. The number of imidazole rings is 1. The number of anilines is 2. The predicted octanol–water partition coefficient (Wildman–Crippen LogP) is 0.166. The van der Waals surface area contributed by atoms with Crippen LogP contribution in [0.5, 0.6) is 0 Å². The molecule has 2 saturated heterocycles. The smallest absolute Gasteiger partial charge is 0.348 e. The molecule has 17 heteroatoms. The minimum absolute atomic E-state index is 0.0396. The zero-order valence-corrected chi connectivity index (χ0v) is 25.6. The van der Waals surface area contributed by atoms with Gasteiger partial charge in [0.2, 0.25) is 5.28 Å². The lowest BCUT2D eigenvalue weighted by atomic mass is 9.91. The first kappa shape index (κ1) is 33.3. The second-order valence-corrected chi connectivity index (χ2v) is 11.7. The van der Waals surface area contributed by atoms with Crippen LogP contribution in [0.4, 0.5) is 11.5 Å². The highest BCUT2D eigenvalue weighted by Crippen LogP contribution is 2.39. The Hall–Kier alpha value is -4.08. The van der Waals surface area contributed by atoms with Gasteiger partial charge in [-0.25, -0.2) is 14.6 Å². The van der Waals surface area contributed by atoms with E-state index in [1.165, 1.54) is 23.0 Å². The molecule has 46 heavy (non-hydrogen) atoms. The van der Waals surface area contributed by atoms with Gasteiger partial charge in [-0.1, -0.05) is 18.1 Å². The molecule has 3 aromatic rings. The van der Waals surface area contributed by atoms with Crippen LogP contribution >= 0.6 is 11.6 Å². The number of nitrogens with zero attached hydrogens (tertiary/aromatic N) is 5. The van der Waals surface area contributed by atoms with Crippen molar-refractivity contribution in [2.24, 2.45) is 0 Å². The molecule has 4 heterocycles. The standard InChI is InChI=1S/C29H34ClN7O9/c1-4-28(44)18(46-23(20(28)38)37-14-32-19-21(33-15(2)3)34-26(30)35-22(19)37)13-45-29(24(39)40,25(41)42)12-16-6-8-17(9-7-16)36-11-5-10-31-27(36)43/h1,6-9,14-15,18,20,23,27,31,38,43-44H,5,10-13H2,2-3H3,(H,39,40)(H,41,42)(H,33,34,35)/t18-,20+,23-,27?,28-/m1/s1. The number of carbonyl (C=O) groups is 2. The molecule has 16 nitrogen and oxygen atoms in total. The maximum Gasteiger partial charge on any atom is 0.348 e. The van der Waals surface area contributed by atoms with Crippen LogP contribution in [0.15, 0.2) is 30.6 Å². The summed E-state index contributed by atoms with van der Waals surface area (Å²) in [7, 11) is 0. The molecule has 5 rings (SSSR count). The molecule has 0 radical (unpaired) electrons. The van der Waals surface area contributed by atoms with Crippen LogP contribution < -0.4 is 15.5 Å². The molecule has 246 valence electrons. The van der Waals surface area contributed by atoms with Crippen LogP contribution in [0.2, 0.25) is 5.28 Å². The number of hydrogen-bond donors (Lipinski definition) is 7.